The molecule has 5 rings (SSSR count). The number of halogens is 1. The summed E-state index contributed by atoms with van der Waals surface area (Å²) in [7, 11) is 2.02. The van der Waals surface area contributed by atoms with Crippen LogP contribution in [0.15, 0.2) is 54.6 Å². The number of nitrogens with two attached hydrogens (primary N) is 1. The Hall–Kier alpha value is -3.00. The van der Waals surface area contributed by atoms with E-state index in [0.29, 0.717) is 6.54 Å². The van der Waals surface area contributed by atoms with E-state index in [2.05, 4.69) is 74.4 Å². The number of hydrogen-bond donors (Lipinski definition) is 1. The zero-order valence-electron chi connectivity index (χ0n) is 24.2. The number of amides is 1. The molecule has 2 fully saturated rings. The number of carbonyl (C=O) groups is 1. The van der Waals surface area contributed by atoms with Crippen molar-refractivity contribution in [2.24, 2.45) is 12.8 Å². The minimum atomic E-state index is 0.129. The van der Waals surface area contributed by atoms with E-state index in [4.69, 9.17) is 17.3 Å². The maximum Gasteiger partial charge on any atom is 0.270 e. The van der Waals surface area contributed by atoms with Gasteiger partial charge in [-0.25, -0.2) is 0 Å². The smallest absolute Gasteiger partial charge is 0.270 e. The van der Waals surface area contributed by atoms with E-state index in [1.165, 1.54) is 16.8 Å². The highest BCUT2D eigenvalue weighted by molar-refractivity contribution is 6.33. The number of aryl methyl sites for hydroxylation is 1. The molecule has 2 N–H and O–H groups in total. The summed E-state index contributed by atoms with van der Waals surface area (Å²) in [6.07, 6.45) is 2.00. The van der Waals surface area contributed by atoms with Gasteiger partial charge in [-0.3, -0.25) is 9.69 Å². The Morgan fingerprint density at radius 1 is 0.975 bits per heavy atom. The summed E-state index contributed by atoms with van der Waals surface area (Å²) in [5.74, 6) is 0.129. The Kier molecular flexibility index (Phi) is 9.03. The molecule has 3 heterocycles. The maximum absolute atomic E-state index is 13.8. The van der Waals surface area contributed by atoms with Gasteiger partial charge in [0.1, 0.15) is 5.69 Å². The number of anilines is 2. The van der Waals surface area contributed by atoms with Gasteiger partial charge in [-0.15, -0.1) is 0 Å². The highest BCUT2D eigenvalue weighted by Gasteiger charge is 2.31. The summed E-state index contributed by atoms with van der Waals surface area (Å²) in [5, 5.41) is 0.809. The first kappa shape index (κ1) is 28.5. The summed E-state index contributed by atoms with van der Waals surface area (Å²) in [6.45, 7) is 12.1. The number of aromatic nitrogens is 1. The van der Waals surface area contributed by atoms with Crippen LogP contribution in [0, 0.1) is 6.92 Å². The van der Waals surface area contributed by atoms with E-state index >= 15 is 0 Å². The van der Waals surface area contributed by atoms with E-state index in [1.807, 2.05) is 25.2 Å². The number of rotatable bonds is 8. The van der Waals surface area contributed by atoms with Crippen molar-refractivity contribution >= 4 is 28.9 Å². The molecule has 1 aromatic heterocycles. The molecule has 0 aliphatic carbocycles. The first-order valence-electron chi connectivity index (χ1n) is 14.6. The number of benzene rings is 2. The lowest BCUT2D eigenvalue weighted by Gasteiger charge is -2.41. The Morgan fingerprint density at radius 2 is 1.73 bits per heavy atom. The van der Waals surface area contributed by atoms with Crippen LogP contribution in [0.2, 0.25) is 5.02 Å². The molecule has 3 aromatic rings. The van der Waals surface area contributed by atoms with Gasteiger partial charge in [-0.2, -0.15) is 0 Å². The van der Waals surface area contributed by atoms with Gasteiger partial charge in [0.15, 0.2) is 0 Å². The van der Waals surface area contributed by atoms with Gasteiger partial charge in [0.25, 0.3) is 5.91 Å². The van der Waals surface area contributed by atoms with Crippen molar-refractivity contribution < 1.29 is 4.79 Å². The number of hydrogen-bond acceptors (Lipinski definition) is 5. The van der Waals surface area contributed by atoms with Gasteiger partial charge in [0.2, 0.25) is 0 Å². The van der Waals surface area contributed by atoms with E-state index < -0.39 is 0 Å². The molecule has 40 heavy (non-hydrogen) atoms. The highest BCUT2D eigenvalue weighted by atomic mass is 35.5. The van der Waals surface area contributed by atoms with Crippen molar-refractivity contribution in [1.82, 2.24) is 14.4 Å². The fraction of sp³-hybridized carbons (Fsp3) is 0.469. The second-order valence-corrected chi connectivity index (χ2v) is 11.7. The monoisotopic (exact) mass is 562 g/mol. The predicted molar refractivity (Wildman–Crippen MR) is 166 cm³/mol. The van der Waals surface area contributed by atoms with Crippen molar-refractivity contribution in [1.29, 1.82) is 0 Å². The van der Waals surface area contributed by atoms with Gasteiger partial charge in [0, 0.05) is 76.8 Å². The Labute approximate surface area is 244 Å². The Bertz CT molecular complexity index is 1310. The topological polar surface area (TPSA) is 61.0 Å². The lowest BCUT2D eigenvalue weighted by molar-refractivity contribution is 0.0664. The van der Waals surface area contributed by atoms with Gasteiger partial charge in [0.05, 0.1) is 10.7 Å². The van der Waals surface area contributed by atoms with Crippen LogP contribution in [-0.4, -0.2) is 78.7 Å². The minimum absolute atomic E-state index is 0.129. The van der Waals surface area contributed by atoms with Crippen LogP contribution in [0.4, 0.5) is 11.4 Å². The second kappa shape index (κ2) is 12.7. The zero-order valence-corrected chi connectivity index (χ0v) is 24.9. The third kappa shape index (κ3) is 6.17. The molecule has 1 unspecified atom stereocenters. The SMILES string of the molecule is Cc1c(CN2CCN(c3ccccc3Cl)CC2)cc(C(=O)N2CCN(c3cccc(CCCN)c3)CC2C)n1C. The lowest BCUT2D eigenvalue weighted by atomic mass is 10.1. The molecule has 0 bridgehead atoms. The Morgan fingerprint density at radius 3 is 2.45 bits per heavy atom. The molecule has 1 atom stereocenters. The van der Waals surface area contributed by atoms with Crippen LogP contribution in [0.5, 0.6) is 0 Å². The fourth-order valence-electron chi connectivity index (χ4n) is 6.08. The van der Waals surface area contributed by atoms with Crippen LogP contribution in [0.1, 0.15) is 40.7 Å². The van der Waals surface area contributed by atoms with Crippen molar-refractivity contribution in [2.75, 3.05) is 62.2 Å². The van der Waals surface area contributed by atoms with Gasteiger partial charge < -0.3 is 25.0 Å². The molecular weight excluding hydrogens is 520 g/mol. The molecule has 0 spiro atoms. The van der Waals surface area contributed by atoms with Crippen molar-refractivity contribution in [3.8, 4) is 0 Å². The quantitative estimate of drug-likeness (QED) is 0.436. The molecule has 1 amide bonds. The summed E-state index contributed by atoms with van der Waals surface area (Å²) in [6, 6.07) is 19.1. The molecule has 2 aromatic carbocycles. The standard InChI is InChI=1S/C32H43ClN6O/c1-24-22-38(28-10-6-8-26(20-28)9-7-13-34)18-19-39(24)32(40)31-21-27(25(2)35(31)3)23-36-14-16-37(17-15-36)30-12-5-4-11-29(30)33/h4-6,8,10-12,20-21,24H,7,9,13-19,22-23,34H2,1-3H3. The Balaban J connectivity index is 1.20. The average molecular weight is 563 g/mol. The number of para-hydroxylation sites is 1. The highest BCUT2D eigenvalue weighted by Crippen LogP contribution is 2.27. The first-order valence-corrected chi connectivity index (χ1v) is 15.0. The van der Waals surface area contributed by atoms with Crippen LogP contribution >= 0.6 is 11.6 Å². The molecular formula is C32H43ClN6O. The summed E-state index contributed by atoms with van der Waals surface area (Å²) in [4.78, 5) is 23.1. The maximum atomic E-state index is 13.8. The number of carbonyl (C=O) groups excluding carboxylic acids is 1. The van der Waals surface area contributed by atoms with Gasteiger partial charge in [-0.05, 0) is 74.7 Å². The first-order chi connectivity index (χ1) is 19.4. The largest absolute Gasteiger partial charge is 0.368 e. The average Bonchev–Trinajstić information content (AvgIpc) is 3.25. The summed E-state index contributed by atoms with van der Waals surface area (Å²) >= 11 is 6.43. The molecule has 0 radical (unpaired) electrons. The number of nitrogens with zero attached hydrogens (tertiary/aromatic N) is 5. The number of piperazine rings is 2. The third-order valence-electron chi connectivity index (χ3n) is 8.65. The van der Waals surface area contributed by atoms with E-state index in [-0.39, 0.29) is 11.9 Å². The van der Waals surface area contributed by atoms with Crippen LogP contribution < -0.4 is 15.5 Å². The molecule has 7 nitrogen and oxygen atoms in total. The molecule has 2 aliphatic rings. The van der Waals surface area contributed by atoms with Crippen molar-refractivity contribution in [3.05, 3.63) is 82.1 Å². The summed E-state index contributed by atoms with van der Waals surface area (Å²) < 4.78 is 2.08. The molecule has 2 aliphatic heterocycles. The molecule has 8 heteroatoms. The van der Waals surface area contributed by atoms with Crippen LogP contribution in [0.25, 0.3) is 0 Å². The summed E-state index contributed by atoms with van der Waals surface area (Å²) in [5.41, 5.74) is 12.6. The predicted octanol–water partition coefficient (Wildman–Crippen LogP) is 4.55. The fourth-order valence-corrected chi connectivity index (χ4v) is 6.33. The second-order valence-electron chi connectivity index (χ2n) is 11.3. The molecule has 2 saturated heterocycles. The van der Waals surface area contributed by atoms with Crippen molar-refractivity contribution in [2.45, 2.75) is 39.3 Å². The van der Waals surface area contributed by atoms with Crippen molar-refractivity contribution in [3.63, 3.8) is 0 Å². The minimum Gasteiger partial charge on any atom is -0.368 e. The molecule has 0 saturated carbocycles. The third-order valence-corrected chi connectivity index (χ3v) is 8.97. The van der Waals surface area contributed by atoms with E-state index in [9.17, 15) is 4.79 Å². The van der Waals surface area contributed by atoms with E-state index in [0.717, 1.165) is 87.3 Å². The van der Waals surface area contributed by atoms with Crippen LogP contribution in [0.3, 0.4) is 0 Å². The molecule has 214 valence electrons. The van der Waals surface area contributed by atoms with E-state index in [1.54, 1.807) is 0 Å². The van der Waals surface area contributed by atoms with Crippen LogP contribution in [-0.2, 0) is 20.0 Å². The normalized spacial score (nSPS) is 18.4. The van der Waals surface area contributed by atoms with Gasteiger partial charge >= 0.3 is 0 Å². The lowest BCUT2D eigenvalue weighted by Crippen LogP contribution is -2.54. The van der Waals surface area contributed by atoms with Gasteiger partial charge in [-0.1, -0.05) is 35.9 Å². The zero-order chi connectivity index (χ0) is 28.2.